The molecule has 6 nitrogen and oxygen atoms in total. The fraction of sp³-hybridized carbons (Fsp3) is 0.0800. The largest absolute Gasteiger partial charge is 0.324 e. The number of fused-ring (bicyclic) bond motifs is 1. The lowest BCUT2D eigenvalue weighted by Gasteiger charge is -2.24. The minimum atomic E-state index is -0.271. The highest BCUT2D eigenvalue weighted by atomic mass is 35.5. The number of hydrogen-bond acceptors (Lipinski definition) is 4. The molecule has 1 atom stereocenters. The Morgan fingerprint density at radius 1 is 0.941 bits per heavy atom. The Balaban J connectivity index is 0.00000274. The first kappa shape index (κ1) is 23.8. The summed E-state index contributed by atoms with van der Waals surface area (Å²) in [7, 11) is 0. The van der Waals surface area contributed by atoms with E-state index >= 15 is 0 Å². The number of nitrogens with one attached hydrogen (secondary N) is 2. The SMILES string of the molecule is Cc1ccc(C(=O)Nc2nc3n(n2)C(c2ccc(Cl)cc2)C=C(c2ccc(Cl)cc2)N3)cc1.Cl. The van der Waals surface area contributed by atoms with Gasteiger partial charge in [-0.1, -0.05) is 65.2 Å². The van der Waals surface area contributed by atoms with Gasteiger partial charge in [0.05, 0.1) is 0 Å². The second-order valence-electron chi connectivity index (χ2n) is 7.73. The number of carbonyl (C=O) groups excluding carboxylic acids is 1. The lowest BCUT2D eigenvalue weighted by molar-refractivity contribution is 0.102. The zero-order valence-corrected chi connectivity index (χ0v) is 20.3. The van der Waals surface area contributed by atoms with Crippen LogP contribution in [0, 0.1) is 6.92 Å². The van der Waals surface area contributed by atoms with Gasteiger partial charge in [-0.05, 0) is 60.5 Å². The van der Waals surface area contributed by atoms with Crippen molar-refractivity contribution in [3.05, 3.63) is 111 Å². The van der Waals surface area contributed by atoms with Gasteiger partial charge < -0.3 is 5.32 Å². The molecule has 1 aliphatic rings. The maximum absolute atomic E-state index is 12.7. The summed E-state index contributed by atoms with van der Waals surface area (Å²) in [4.78, 5) is 17.2. The van der Waals surface area contributed by atoms with Crippen molar-refractivity contribution in [2.75, 3.05) is 10.6 Å². The van der Waals surface area contributed by atoms with Gasteiger partial charge in [-0.15, -0.1) is 17.5 Å². The van der Waals surface area contributed by atoms with Crippen molar-refractivity contribution >= 4 is 59.1 Å². The van der Waals surface area contributed by atoms with E-state index in [1.165, 1.54) is 0 Å². The topological polar surface area (TPSA) is 71.8 Å². The van der Waals surface area contributed by atoms with Gasteiger partial charge in [-0.3, -0.25) is 10.1 Å². The Morgan fingerprint density at radius 3 is 2.21 bits per heavy atom. The van der Waals surface area contributed by atoms with E-state index in [0.717, 1.165) is 22.4 Å². The molecule has 1 amide bonds. The number of aromatic nitrogens is 3. The molecular formula is C25H20Cl3N5O. The molecule has 5 rings (SSSR count). The van der Waals surface area contributed by atoms with Crippen LogP contribution in [0.25, 0.3) is 5.70 Å². The van der Waals surface area contributed by atoms with Gasteiger partial charge in [-0.2, -0.15) is 4.98 Å². The average Bonchev–Trinajstić information content (AvgIpc) is 3.22. The lowest BCUT2D eigenvalue weighted by atomic mass is 10.0. The van der Waals surface area contributed by atoms with Crippen LogP contribution >= 0.6 is 35.6 Å². The predicted octanol–water partition coefficient (Wildman–Crippen LogP) is 6.62. The van der Waals surface area contributed by atoms with Crippen molar-refractivity contribution in [1.82, 2.24) is 14.8 Å². The fourth-order valence-electron chi connectivity index (χ4n) is 3.62. The van der Waals surface area contributed by atoms with Gasteiger partial charge in [0.25, 0.3) is 11.9 Å². The summed E-state index contributed by atoms with van der Waals surface area (Å²) in [5.41, 5.74) is 4.42. The first-order chi connectivity index (χ1) is 16.0. The molecule has 0 aliphatic carbocycles. The van der Waals surface area contributed by atoms with Crippen LogP contribution in [0.2, 0.25) is 10.0 Å². The summed E-state index contributed by atoms with van der Waals surface area (Å²) in [6.45, 7) is 1.97. The number of hydrogen-bond donors (Lipinski definition) is 2. The molecule has 1 unspecified atom stereocenters. The number of aryl methyl sites for hydroxylation is 1. The summed E-state index contributed by atoms with van der Waals surface area (Å²) in [6, 6.07) is 22.2. The van der Waals surface area contributed by atoms with Crippen LogP contribution in [0.3, 0.4) is 0 Å². The van der Waals surface area contributed by atoms with Crippen LogP contribution in [0.5, 0.6) is 0 Å². The van der Waals surface area contributed by atoms with E-state index in [1.807, 2.05) is 67.6 Å². The van der Waals surface area contributed by atoms with E-state index in [0.29, 0.717) is 21.6 Å². The number of benzene rings is 3. The normalized spacial score (nSPS) is 14.3. The molecule has 1 aliphatic heterocycles. The molecule has 0 saturated carbocycles. The molecule has 0 radical (unpaired) electrons. The number of allylic oxidation sites excluding steroid dienone is 1. The Morgan fingerprint density at radius 2 is 1.56 bits per heavy atom. The maximum Gasteiger partial charge on any atom is 0.258 e. The highest BCUT2D eigenvalue weighted by Gasteiger charge is 2.26. The summed E-state index contributed by atoms with van der Waals surface area (Å²) < 4.78 is 1.74. The van der Waals surface area contributed by atoms with Crippen LogP contribution in [0.4, 0.5) is 11.9 Å². The molecule has 1 aromatic heterocycles. The summed E-state index contributed by atoms with van der Waals surface area (Å²) in [6.07, 6.45) is 2.06. The van der Waals surface area contributed by atoms with Gasteiger partial charge in [0.15, 0.2) is 0 Å². The number of rotatable bonds is 4. The van der Waals surface area contributed by atoms with Gasteiger partial charge in [0, 0.05) is 21.3 Å². The molecule has 0 fully saturated rings. The fourth-order valence-corrected chi connectivity index (χ4v) is 3.87. The van der Waals surface area contributed by atoms with E-state index in [2.05, 4.69) is 26.8 Å². The standard InChI is InChI=1S/C25H19Cl2N5O.ClH/c1-15-2-4-18(5-3-15)23(33)29-24-30-25-28-21(16-6-10-19(26)11-7-16)14-22(32(25)31-24)17-8-12-20(27)13-9-17;/h2-14,22H,1H3,(H2,28,29,30,31,33);1H. The first-order valence-corrected chi connectivity index (χ1v) is 11.1. The lowest BCUT2D eigenvalue weighted by Crippen LogP contribution is -2.20. The number of anilines is 2. The zero-order valence-electron chi connectivity index (χ0n) is 18.0. The van der Waals surface area contributed by atoms with Gasteiger partial charge in [-0.25, -0.2) is 4.68 Å². The summed E-state index contributed by atoms with van der Waals surface area (Å²) in [5.74, 6) is 0.460. The van der Waals surface area contributed by atoms with E-state index in [-0.39, 0.29) is 30.3 Å². The maximum atomic E-state index is 12.7. The van der Waals surface area contributed by atoms with Crippen molar-refractivity contribution in [1.29, 1.82) is 0 Å². The van der Waals surface area contributed by atoms with Crippen molar-refractivity contribution < 1.29 is 4.79 Å². The second kappa shape index (κ2) is 9.89. The third kappa shape index (κ3) is 4.94. The Labute approximate surface area is 213 Å². The molecule has 34 heavy (non-hydrogen) atoms. The number of carbonyl (C=O) groups is 1. The Kier molecular flexibility index (Phi) is 6.93. The Bertz CT molecular complexity index is 1350. The molecule has 0 bridgehead atoms. The van der Waals surface area contributed by atoms with Gasteiger partial charge >= 0.3 is 0 Å². The van der Waals surface area contributed by atoms with Crippen LogP contribution < -0.4 is 10.6 Å². The summed E-state index contributed by atoms with van der Waals surface area (Å²) >= 11 is 12.2. The zero-order chi connectivity index (χ0) is 22.9. The van der Waals surface area contributed by atoms with Gasteiger partial charge in [0.2, 0.25) is 5.95 Å². The van der Waals surface area contributed by atoms with Crippen LogP contribution in [0.1, 0.15) is 33.1 Å². The van der Waals surface area contributed by atoms with Crippen LogP contribution in [-0.2, 0) is 0 Å². The van der Waals surface area contributed by atoms with Crippen molar-refractivity contribution in [3.63, 3.8) is 0 Å². The summed E-state index contributed by atoms with van der Waals surface area (Å²) in [5, 5.41) is 12.0. The molecular weight excluding hydrogens is 493 g/mol. The van der Waals surface area contributed by atoms with Crippen LogP contribution in [0.15, 0.2) is 78.9 Å². The van der Waals surface area contributed by atoms with Gasteiger partial charge in [0.1, 0.15) is 6.04 Å². The molecule has 0 spiro atoms. The van der Waals surface area contributed by atoms with Crippen molar-refractivity contribution in [2.24, 2.45) is 0 Å². The highest BCUT2D eigenvalue weighted by molar-refractivity contribution is 6.30. The molecule has 9 heteroatoms. The van der Waals surface area contributed by atoms with Crippen molar-refractivity contribution in [2.45, 2.75) is 13.0 Å². The quantitative estimate of drug-likeness (QED) is 0.322. The monoisotopic (exact) mass is 511 g/mol. The highest BCUT2D eigenvalue weighted by Crippen LogP contribution is 2.34. The second-order valence-corrected chi connectivity index (χ2v) is 8.61. The molecule has 4 aromatic rings. The molecule has 0 saturated heterocycles. The molecule has 2 N–H and O–H groups in total. The molecule has 172 valence electrons. The average molecular weight is 513 g/mol. The number of amides is 1. The third-order valence-electron chi connectivity index (χ3n) is 5.37. The predicted molar refractivity (Wildman–Crippen MR) is 139 cm³/mol. The van der Waals surface area contributed by atoms with E-state index < -0.39 is 0 Å². The molecule has 2 heterocycles. The van der Waals surface area contributed by atoms with E-state index in [1.54, 1.807) is 16.8 Å². The van der Waals surface area contributed by atoms with E-state index in [4.69, 9.17) is 23.2 Å². The minimum absolute atomic E-state index is 0. The van der Waals surface area contributed by atoms with Crippen molar-refractivity contribution in [3.8, 4) is 0 Å². The first-order valence-electron chi connectivity index (χ1n) is 10.3. The number of nitrogens with zero attached hydrogens (tertiary/aromatic N) is 3. The van der Waals surface area contributed by atoms with E-state index in [9.17, 15) is 4.79 Å². The third-order valence-corrected chi connectivity index (χ3v) is 5.88. The Hall–Kier alpha value is -3.32. The smallest absolute Gasteiger partial charge is 0.258 e. The molecule has 3 aromatic carbocycles. The number of halogens is 3. The van der Waals surface area contributed by atoms with Crippen LogP contribution in [-0.4, -0.2) is 20.7 Å². The minimum Gasteiger partial charge on any atom is -0.324 e.